The van der Waals surface area contributed by atoms with Gasteiger partial charge in [-0.1, -0.05) is 25.5 Å². The number of carbonyl (C=O) groups excluding carboxylic acids is 3. The maximum absolute atomic E-state index is 12.4. The SMILES string of the molecule is CCCCNC(=O)c1ccccc1NC(=O)c1ccc(C(=O)OC)cc1. The van der Waals surface area contributed by atoms with E-state index in [4.69, 9.17) is 0 Å². The molecule has 2 amide bonds. The van der Waals surface area contributed by atoms with Gasteiger partial charge < -0.3 is 15.4 Å². The van der Waals surface area contributed by atoms with Gasteiger partial charge in [0.05, 0.1) is 23.9 Å². The van der Waals surface area contributed by atoms with Crippen molar-refractivity contribution in [1.29, 1.82) is 0 Å². The van der Waals surface area contributed by atoms with Crippen LogP contribution in [-0.2, 0) is 4.74 Å². The summed E-state index contributed by atoms with van der Waals surface area (Å²) in [7, 11) is 1.30. The van der Waals surface area contributed by atoms with E-state index in [-0.39, 0.29) is 11.8 Å². The number of nitrogens with one attached hydrogen (secondary N) is 2. The first kappa shape index (κ1) is 19.2. The third kappa shape index (κ3) is 4.92. The molecule has 2 aromatic carbocycles. The highest BCUT2D eigenvalue weighted by Crippen LogP contribution is 2.17. The number of rotatable bonds is 7. The summed E-state index contributed by atoms with van der Waals surface area (Å²) in [6.07, 6.45) is 1.88. The van der Waals surface area contributed by atoms with Crippen LogP contribution in [0, 0.1) is 0 Å². The normalized spacial score (nSPS) is 10.1. The van der Waals surface area contributed by atoms with Gasteiger partial charge in [-0.05, 0) is 42.8 Å². The van der Waals surface area contributed by atoms with Gasteiger partial charge in [-0.25, -0.2) is 4.79 Å². The Kier molecular flexibility index (Phi) is 6.91. The van der Waals surface area contributed by atoms with E-state index < -0.39 is 5.97 Å². The zero-order valence-corrected chi connectivity index (χ0v) is 14.9. The van der Waals surface area contributed by atoms with E-state index in [0.29, 0.717) is 28.9 Å². The van der Waals surface area contributed by atoms with Crippen LogP contribution >= 0.6 is 0 Å². The molecule has 0 aliphatic carbocycles. The Morgan fingerprint density at radius 3 is 2.23 bits per heavy atom. The molecule has 136 valence electrons. The fraction of sp³-hybridized carbons (Fsp3) is 0.250. The molecule has 2 N–H and O–H groups in total. The molecular weight excluding hydrogens is 332 g/mol. The monoisotopic (exact) mass is 354 g/mol. The number of ether oxygens (including phenoxy) is 1. The second-order valence-electron chi connectivity index (χ2n) is 5.68. The van der Waals surface area contributed by atoms with Crippen LogP contribution < -0.4 is 10.6 Å². The number of benzene rings is 2. The smallest absolute Gasteiger partial charge is 0.337 e. The molecule has 0 fully saturated rings. The van der Waals surface area contributed by atoms with Crippen LogP contribution in [-0.4, -0.2) is 31.4 Å². The number of unbranched alkanes of at least 4 members (excludes halogenated alkanes) is 1. The predicted molar refractivity (Wildman–Crippen MR) is 99.4 cm³/mol. The second-order valence-corrected chi connectivity index (χ2v) is 5.68. The Morgan fingerprint density at radius 2 is 1.58 bits per heavy atom. The van der Waals surface area contributed by atoms with Gasteiger partial charge in [0.25, 0.3) is 11.8 Å². The Bertz CT molecular complexity index is 785. The third-order valence-corrected chi connectivity index (χ3v) is 3.80. The summed E-state index contributed by atoms with van der Waals surface area (Å²) < 4.78 is 4.63. The minimum absolute atomic E-state index is 0.226. The molecule has 0 heterocycles. The molecule has 0 aliphatic rings. The molecule has 2 aromatic rings. The third-order valence-electron chi connectivity index (χ3n) is 3.80. The summed E-state index contributed by atoms with van der Waals surface area (Å²) in [6, 6.07) is 12.9. The average Bonchev–Trinajstić information content (AvgIpc) is 2.68. The van der Waals surface area contributed by atoms with Gasteiger partial charge in [-0.15, -0.1) is 0 Å². The highest BCUT2D eigenvalue weighted by Gasteiger charge is 2.14. The van der Waals surface area contributed by atoms with Gasteiger partial charge in [0.15, 0.2) is 0 Å². The minimum Gasteiger partial charge on any atom is -0.465 e. The number of amides is 2. The number of carbonyl (C=O) groups is 3. The van der Waals surface area contributed by atoms with Crippen molar-refractivity contribution < 1.29 is 19.1 Å². The quantitative estimate of drug-likeness (QED) is 0.590. The minimum atomic E-state index is -0.467. The molecule has 2 rings (SSSR count). The number of hydrogen-bond donors (Lipinski definition) is 2. The van der Waals surface area contributed by atoms with Crippen LogP contribution in [0.2, 0.25) is 0 Å². The lowest BCUT2D eigenvalue weighted by atomic mass is 10.1. The van der Waals surface area contributed by atoms with Crippen molar-refractivity contribution in [2.24, 2.45) is 0 Å². The van der Waals surface area contributed by atoms with Crippen LogP contribution in [0.5, 0.6) is 0 Å². The van der Waals surface area contributed by atoms with E-state index in [2.05, 4.69) is 15.4 Å². The van der Waals surface area contributed by atoms with Gasteiger partial charge in [-0.3, -0.25) is 9.59 Å². The molecule has 6 nitrogen and oxygen atoms in total. The molecule has 0 radical (unpaired) electrons. The summed E-state index contributed by atoms with van der Waals surface area (Å²) in [4.78, 5) is 36.2. The average molecular weight is 354 g/mol. The van der Waals surface area contributed by atoms with E-state index in [0.717, 1.165) is 12.8 Å². The molecule has 0 saturated heterocycles. The van der Waals surface area contributed by atoms with Gasteiger partial charge in [0.2, 0.25) is 0 Å². The van der Waals surface area contributed by atoms with Crippen molar-refractivity contribution in [2.45, 2.75) is 19.8 Å². The van der Waals surface area contributed by atoms with E-state index in [1.54, 1.807) is 24.3 Å². The Hall–Kier alpha value is -3.15. The fourth-order valence-electron chi connectivity index (χ4n) is 2.33. The molecule has 0 spiro atoms. The van der Waals surface area contributed by atoms with Gasteiger partial charge >= 0.3 is 5.97 Å². The Balaban J connectivity index is 2.11. The highest BCUT2D eigenvalue weighted by molar-refractivity contribution is 6.09. The van der Waals surface area contributed by atoms with Crippen molar-refractivity contribution >= 4 is 23.5 Å². The predicted octanol–water partition coefficient (Wildman–Crippen LogP) is 3.26. The fourth-order valence-corrected chi connectivity index (χ4v) is 2.33. The van der Waals surface area contributed by atoms with Gasteiger partial charge in [-0.2, -0.15) is 0 Å². The van der Waals surface area contributed by atoms with E-state index in [1.807, 2.05) is 6.92 Å². The van der Waals surface area contributed by atoms with Crippen molar-refractivity contribution in [1.82, 2.24) is 5.32 Å². The number of hydrogen-bond acceptors (Lipinski definition) is 4. The zero-order valence-electron chi connectivity index (χ0n) is 14.9. The van der Waals surface area contributed by atoms with Crippen LogP contribution in [0.25, 0.3) is 0 Å². The number of anilines is 1. The number of methoxy groups -OCH3 is 1. The van der Waals surface area contributed by atoms with Crippen molar-refractivity contribution in [3.8, 4) is 0 Å². The maximum atomic E-state index is 12.4. The lowest BCUT2D eigenvalue weighted by Gasteiger charge is -2.11. The van der Waals surface area contributed by atoms with Crippen molar-refractivity contribution in [3.63, 3.8) is 0 Å². The largest absolute Gasteiger partial charge is 0.465 e. The molecular formula is C20H22N2O4. The summed E-state index contributed by atoms with van der Waals surface area (Å²) in [6.45, 7) is 2.64. The molecule has 0 unspecified atom stereocenters. The molecule has 0 bridgehead atoms. The summed E-state index contributed by atoms with van der Waals surface area (Å²) in [5.74, 6) is -1.06. The Morgan fingerprint density at radius 1 is 0.923 bits per heavy atom. The standard InChI is InChI=1S/C20H22N2O4/c1-3-4-13-21-19(24)16-7-5-6-8-17(16)22-18(23)14-9-11-15(12-10-14)20(25)26-2/h5-12H,3-4,13H2,1-2H3,(H,21,24)(H,22,23). The summed E-state index contributed by atoms with van der Waals surface area (Å²) in [5.41, 5.74) is 1.57. The van der Waals surface area contributed by atoms with Crippen LogP contribution in [0.1, 0.15) is 50.8 Å². The number of para-hydroxylation sites is 1. The first-order valence-electron chi connectivity index (χ1n) is 8.43. The van der Waals surface area contributed by atoms with E-state index in [9.17, 15) is 14.4 Å². The van der Waals surface area contributed by atoms with Gasteiger partial charge in [0, 0.05) is 12.1 Å². The Labute approximate surface area is 152 Å². The maximum Gasteiger partial charge on any atom is 0.337 e. The van der Waals surface area contributed by atoms with Crippen LogP contribution in [0.4, 0.5) is 5.69 Å². The van der Waals surface area contributed by atoms with Gasteiger partial charge in [0.1, 0.15) is 0 Å². The summed E-state index contributed by atoms with van der Waals surface area (Å²) in [5, 5.41) is 5.58. The van der Waals surface area contributed by atoms with E-state index in [1.165, 1.54) is 31.4 Å². The first-order chi connectivity index (χ1) is 12.6. The highest BCUT2D eigenvalue weighted by atomic mass is 16.5. The zero-order chi connectivity index (χ0) is 18.9. The lowest BCUT2D eigenvalue weighted by Crippen LogP contribution is -2.26. The molecule has 0 aliphatic heterocycles. The second kappa shape index (κ2) is 9.36. The molecule has 0 atom stereocenters. The topological polar surface area (TPSA) is 84.5 Å². The molecule has 0 saturated carbocycles. The first-order valence-corrected chi connectivity index (χ1v) is 8.43. The van der Waals surface area contributed by atoms with Crippen molar-refractivity contribution in [3.05, 3.63) is 65.2 Å². The number of esters is 1. The molecule has 26 heavy (non-hydrogen) atoms. The summed E-state index contributed by atoms with van der Waals surface area (Å²) >= 11 is 0. The molecule has 6 heteroatoms. The van der Waals surface area contributed by atoms with Crippen LogP contribution in [0.15, 0.2) is 48.5 Å². The van der Waals surface area contributed by atoms with E-state index >= 15 is 0 Å². The molecule has 0 aromatic heterocycles. The van der Waals surface area contributed by atoms with Crippen molar-refractivity contribution in [2.75, 3.05) is 19.0 Å². The lowest BCUT2D eigenvalue weighted by molar-refractivity contribution is 0.0600. The van der Waals surface area contributed by atoms with Crippen LogP contribution in [0.3, 0.4) is 0 Å².